The van der Waals surface area contributed by atoms with E-state index in [2.05, 4.69) is 26.8 Å². The molecular weight excluding hydrogens is 372 g/mol. The molecule has 2 saturated heterocycles. The molecule has 8 heteroatoms. The molecule has 2 aliphatic rings. The monoisotopic (exact) mass is 398 g/mol. The van der Waals surface area contributed by atoms with Crippen molar-refractivity contribution in [1.29, 1.82) is 0 Å². The van der Waals surface area contributed by atoms with Gasteiger partial charge in [0.1, 0.15) is 5.75 Å². The summed E-state index contributed by atoms with van der Waals surface area (Å²) < 4.78 is 5.11. The summed E-state index contributed by atoms with van der Waals surface area (Å²) in [5.41, 5.74) is 0.543. The third kappa shape index (κ3) is 5.06. The van der Waals surface area contributed by atoms with Crippen LogP contribution in [0.25, 0.3) is 0 Å². The summed E-state index contributed by atoms with van der Waals surface area (Å²) in [4.78, 5) is 38.8. The molecule has 0 unspecified atom stereocenters. The van der Waals surface area contributed by atoms with E-state index < -0.39 is 0 Å². The Morgan fingerprint density at radius 2 is 2.10 bits per heavy atom. The molecule has 3 amide bonds. The van der Waals surface area contributed by atoms with Gasteiger partial charge in [-0.2, -0.15) is 0 Å². The van der Waals surface area contributed by atoms with Crippen LogP contribution in [0.2, 0.25) is 0 Å². The summed E-state index contributed by atoms with van der Waals surface area (Å²) in [5.74, 6) is 2.76. The van der Waals surface area contributed by atoms with E-state index in [1.807, 2.05) is 0 Å². The Morgan fingerprint density at radius 1 is 1.34 bits per heavy atom. The van der Waals surface area contributed by atoms with E-state index in [9.17, 15) is 14.4 Å². The van der Waals surface area contributed by atoms with Crippen LogP contribution in [0.3, 0.4) is 0 Å². The molecule has 0 saturated carbocycles. The molecular formula is C21H26N4O4. The van der Waals surface area contributed by atoms with Gasteiger partial charge in [0.15, 0.2) is 0 Å². The predicted octanol–water partition coefficient (Wildman–Crippen LogP) is -0.104. The van der Waals surface area contributed by atoms with Crippen LogP contribution < -0.4 is 20.7 Å². The first-order chi connectivity index (χ1) is 14.0. The fourth-order valence-corrected chi connectivity index (χ4v) is 3.90. The van der Waals surface area contributed by atoms with Crippen molar-refractivity contribution in [2.45, 2.75) is 37.4 Å². The highest BCUT2D eigenvalue weighted by Crippen LogP contribution is 2.26. The van der Waals surface area contributed by atoms with Crippen LogP contribution in [0.5, 0.6) is 5.75 Å². The SMILES string of the molecule is C#CCNC(=O)CC[C@@H]1CNC(=O)[C@@H]2C[C@H](NC(=O)c3ccc(OC)cc3)CN12. The largest absolute Gasteiger partial charge is 0.497 e. The van der Waals surface area contributed by atoms with Gasteiger partial charge < -0.3 is 20.7 Å². The van der Waals surface area contributed by atoms with E-state index in [1.54, 1.807) is 31.4 Å². The van der Waals surface area contributed by atoms with E-state index in [0.29, 0.717) is 43.7 Å². The highest BCUT2D eigenvalue weighted by atomic mass is 16.5. The number of amides is 3. The van der Waals surface area contributed by atoms with Crippen LogP contribution in [-0.4, -0.2) is 67.5 Å². The number of hydrogen-bond acceptors (Lipinski definition) is 5. The van der Waals surface area contributed by atoms with Crippen LogP contribution in [0.4, 0.5) is 0 Å². The van der Waals surface area contributed by atoms with Crippen molar-refractivity contribution in [1.82, 2.24) is 20.9 Å². The molecule has 1 aromatic carbocycles. The highest BCUT2D eigenvalue weighted by molar-refractivity contribution is 5.94. The van der Waals surface area contributed by atoms with E-state index in [-0.39, 0.29) is 42.4 Å². The number of hydrogen-bond donors (Lipinski definition) is 3. The predicted molar refractivity (Wildman–Crippen MR) is 107 cm³/mol. The Hall–Kier alpha value is -3.05. The molecule has 2 heterocycles. The molecule has 0 aliphatic carbocycles. The summed E-state index contributed by atoms with van der Waals surface area (Å²) in [6.45, 7) is 1.29. The van der Waals surface area contributed by atoms with Gasteiger partial charge in [0, 0.05) is 37.2 Å². The second-order valence-corrected chi connectivity index (χ2v) is 7.27. The van der Waals surface area contributed by atoms with Crippen LogP contribution in [-0.2, 0) is 9.59 Å². The first-order valence-corrected chi connectivity index (χ1v) is 9.70. The number of ether oxygens (including phenoxy) is 1. The second-order valence-electron chi connectivity index (χ2n) is 7.27. The molecule has 29 heavy (non-hydrogen) atoms. The molecule has 2 aliphatic heterocycles. The molecule has 3 rings (SSSR count). The average Bonchev–Trinajstić information content (AvgIpc) is 3.16. The Morgan fingerprint density at radius 3 is 2.79 bits per heavy atom. The molecule has 8 nitrogen and oxygen atoms in total. The lowest BCUT2D eigenvalue weighted by molar-refractivity contribution is -0.129. The summed E-state index contributed by atoms with van der Waals surface area (Å²) in [6, 6.07) is 6.53. The molecule has 1 aromatic rings. The van der Waals surface area contributed by atoms with Crippen molar-refractivity contribution < 1.29 is 19.1 Å². The first-order valence-electron chi connectivity index (χ1n) is 9.70. The number of carbonyl (C=O) groups is 3. The van der Waals surface area contributed by atoms with Crippen molar-refractivity contribution in [2.24, 2.45) is 0 Å². The average molecular weight is 398 g/mol. The van der Waals surface area contributed by atoms with E-state index in [0.717, 1.165) is 0 Å². The van der Waals surface area contributed by atoms with Gasteiger partial charge in [-0.05, 0) is 37.1 Å². The number of carbonyl (C=O) groups excluding carboxylic acids is 3. The van der Waals surface area contributed by atoms with Crippen LogP contribution in [0.1, 0.15) is 29.6 Å². The maximum absolute atomic E-state index is 12.5. The smallest absolute Gasteiger partial charge is 0.251 e. The van der Waals surface area contributed by atoms with Crippen LogP contribution in [0, 0.1) is 12.3 Å². The number of rotatable bonds is 7. The van der Waals surface area contributed by atoms with Gasteiger partial charge >= 0.3 is 0 Å². The number of nitrogens with zero attached hydrogens (tertiary/aromatic N) is 1. The zero-order valence-corrected chi connectivity index (χ0v) is 16.4. The van der Waals surface area contributed by atoms with Gasteiger partial charge in [-0.1, -0.05) is 5.92 Å². The maximum Gasteiger partial charge on any atom is 0.251 e. The van der Waals surface area contributed by atoms with E-state index in [1.165, 1.54) is 0 Å². The number of piperazine rings is 1. The Labute approximate surface area is 170 Å². The zero-order chi connectivity index (χ0) is 20.8. The zero-order valence-electron chi connectivity index (χ0n) is 16.4. The summed E-state index contributed by atoms with van der Waals surface area (Å²) in [6.07, 6.45) is 6.66. The van der Waals surface area contributed by atoms with Gasteiger partial charge in [0.2, 0.25) is 11.8 Å². The number of methoxy groups -OCH3 is 1. The van der Waals surface area contributed by atoms with Crippen molar-refractivity contribution in [2.75, 3.05) is 26.7 Å². The third-order valence-electron chi connectivity index (χ3n) is 5.40. The number of nitrogens with one attached hydrogen (secondary N) is 3. The fourth-order valence-electron chi connectivity index (χ4n) is 3.90. The minimum absolute atomic E-state index is 0.0285. The van der Waals surface area contributed by atoms with Crippen molar-refractivity contribution in [3.05, 3.63) is 29.8 Å². The molecule has 0 spiro atoms. The Bertz CT molecular complexity index is 802. The summed E-state index contributed by atoms with van der Waals surface area (Å²) in [7, 11) is 1.57. The molecule has 154 valence electrons. The molecule has 3 N–H and O–H groups in total. The maximum atomic E-state index is 12.5. The number of fused-ring (bicyclic) bond motifs is 1. The summed E-state index contributed by atoms with van der Waals surface area (Å²) in [5, 5.41) is 8.59. The van der Waals surface area contributed by atoms with Gasteiger partial charge in [-0.25, -0.2) is 0 Å². The van der Waals surface area contributed by atoms with Gasteiger partial charge in [-0.3, -0.25) is 19.3 Å². The first kappa shape index (κ1) is 20.7. The third-order valence-corrected chi connectivity index (χ3v) is 5.40. The number of benzene rings is 1. The lowest BCUT2D eigenvalue weighted by Gasteiger charge is -2.37. The van der Waals surface area contributed by atoms with Gasteiger partial charge in [0.25, 0.3) is 5.91 Å². The minimum atomic E-state index is -0.288. The van der Waals surface area contributed by atoms with Crippen molar-refractivity contribution in [3.63, 3.8) is 0 Å². The Balaban J connectivity index is 1.57. The molecule has 0 radical (unpaired) electrons. The lowest BCUT2D eigenvalue weighted by atomic mass is 10.0. The van der Waals surface area contributed by atoms with Crippen LogP contribution >= 0.6 is 0 Å². The summed E-state index contributed by atoms with van der Waals surface area (Å²) >= 11 is 0. The standard InChI is InChI=1S/C21H26N4O4/c1-3-10-22-19(26)9-6-16-12-23-21(28)18-11-15(13-25(16)18)24-20(27)14-4-7-17(29-2)8-5-14/h1,4-5,7-8,15-16,18H,6,9-13H2,2H3,(H,22,26)(H,23,28)(H,24,27)/t15-,16+,18-/m0/s1. The molecule has 0 bridgehead atoms. The van der Waals surface area contributed by atoms with Gasteiger partial charge in [-0.15, -0.1) is 6.42 Å². The lowest BCUT2D eigenvalue weighted by Crippen LogP contribution is -2.58. The highest BCUT2D eigenvalue weighted by Gasteiger charge is 2.43. The quantitative estimate of drug-likeness (QED) is 0.557. The Kier molecular flexibility index (Phi) is 6.73. The molecule has 3 atom stereocenters. The fraction of sp³-hybridized carbons (Fsp3) is 0.476. The number of terminal acetylenes is 1. The van der Waals surface area contributed by atoms with E-state index >= 15 is 0 Å². The molecule has 0 aromatic heterocycles. The van der Waals surface area contributed by atoms with E-state index in [4.69, 9.17) is 11.2 Å². The van der Waals surface area contributed by atoms with Crippen molar-refractivity contribution >= 4 is 17.7 Å². The minimum Gasteiger partial charge on any atom is -0.497 e. The normalized spacial score (nSPS) is 23.4. The van der Waals surface area contributed by atoms with Crippen LogP contribution in [0.15, 0.2) is 24.3 Å². The topological polar surface area (TPSA) is 99.8 Å². The van der Waals surface area contributed by atoms with Gasteiger partial charge in [0.05, 0.1) is 19.7 Å². The second kappa shape index (κ2) is 9.43. The van der Waals surface area contributed by atoms with Crippen molar-refractivity contribution in [3.8, 4) is 18.1 Å². The molecule has 2 fully saturated rings.